The summed E-state index contributed by atoms with van der Waals surface area (Å²) in [6.07, 6.45) is 1.44. The smallest absolute Gasteiger partial charge is 0.246 e. The predicted octanol–water partition coefficient (Wildman–Crippen LogP) is 3.98. The molecule has 2 aromatic heterocycles. The van der Waals surface area contributed by atoms with Gasteiger partial charge in [0.25, 0.3) is 0 Å². The molecule has 2 saturated carbocycles. The molecule has 116 valence electrons. The van der Waals surface area contributed by atoms with Gasteiger partial charge in [0.05, 0.1) is 17.1 Å². The lowest BCUT2D eigenvalue weighted by Crippen LogP contribution is -2.53. The molecule has 0 N–H and O–H groups in total. The van der Waals surface area contributed by atoms with Crippen LogP contribution >= 0.6 is 11.6 Å². The Morgan fingerprint density at radius 1 is 1.00 bits per heavy atom. The van der Waals surface area contributed by atoms with Gasteiger partial charge < -0.3 is 0 Å². The normalized spacial score (nSPS) is 22.6. The van der Waals surface area contributed by atoms with Crippen molar-refractivity contribution in [3.8, 4) is 0 Å². The van der Waals surface area contributed by atoms with Gasteiger partial charge in [-0.1, -0.05) is 0 Å². The van der Waals surface area contributed by atoms with Crippen LogP contribution in [0.4, 0.5) is 8.78 Å². The standard InChI is InChI=1S/C15H15ClF2N4/c1-7-8(2)20-12-11(19-7)10(21-13(16)22-12)9-3-14(4-9)5-15(17,18)6-14/h9H,3-6H2,1-2H3. The van der Waals surface area contributed by atoms with Gasteiger partial charge in [-0.2, -0.15) is 4.98 Å². The summed E-state index contributed by atoms with van der Waals surface area (Å²) in [5.74, 6) is -2.36. The van der Waals surface area contributed by atoms with Crippen molar-refractivity contribution in [2.24, 2.45) is 5.41 Å². The third kappa shape index (κ3) is 2.07. The van der Waals surface area contributed by atoms with E-state index in [1.807, 2.05) is 13.8 Å². The van der Waals surface area contributed by atoms with Crippen molar-refractivity contribution in [3.63, 3.8) is 0 Å². The Hall–Kier alpha value is -1.43. The molecular formula is C15H15ClF2N4. The van der Waals surface area contributed by atoms with Gasteiger partial charge in [-0.25, -0.2) is 23.7 Å². The largest absolute Gasteiger partial charge is 0.249 e. The number of halogens is 3. The molecule has 0 amide bonds. The molecule has 2 aliphatic carbocycles. The van der Waals surface area contributed by atoms with E-state index >= 15 is 0 Å². The SMILES string of the molecule is Cc1nc2nc(Cl)nc(C3CC4(C3)CC(F)(F)C4)c2nc1C. The highest BCUT2D eigenvalue weighted by Gasteiger charge is 2.62. The zero-order valence-electron chi connectivity index (χ0n) is 12.3. The van der Waals surface area contributed by atoms with Crippen molar-refractivity contribution in [2.75, 3.05) is 0 Å². The van der Waals surface area contributed by atoms with Crippen LogP contribution in [-0.4, -0.2) is 25.9 Å². The van der Waals surface area contributed by atoms with Crippen LogP contribution in [-0.2, 0) is 0 Å². The van der Waals surface area contributed by atoms with Gasteiger partial charge in [0.2, 0.25) is 11.2 Å². The summed E-state index contributed by atoms with van der Waals surface area (Å²) >= 11 is 6.00. The van der Waals surface area contributed by atoms with E-state index in [4.69, 9.17) is 11.6 Å². The van der Waals surface area contributed by atoms with Crippen molar-refractivity contribution >= 4 is 22.8 Å². The maximum atomic E-state index is 13.1. The fraction of sp³-hybridized carbons (Fsp3) is 0.600. The van der Waals surface area contributed by atoms with Gasteiger partial charge in [0, 0.05) is 18.8 Å². The molecule has 0 aromatic carbocycles. The second kappa shape index (κ2) is 4.31. The molecule has 0 saturated heterocycles. The zero-order valence-corrected chi connectivity index (χ0v) is 13.1. The Labute approximate surface area is 131 Å². The van der Waals surface area contributed by atoms with E-state index < -0.39 is 5.92 Å². The minimum Gasteiger partial charge on any atom is -0.246 e. The number of alkyl halides is 2. The van der Waals surface area contributed by atoms with Crippen molar-refractivity contribution < 1.29 is 8.78 Å². The second-order valence-corrected chi connectivity index (χ2v) is 7.10. The fourth-order valence-electron chi connectivity index (χ4n) is 3.90. The van der Waals surface area contributed by atoms with Crippen molar-refractivity contribution in [3.05, 3.63) is 22.4 Å². The number of aryl methyl sites for hydroxylation is 2. The summed E-state index contributed by atoms with van der Waals surface area (Å²) in [6.45, 7) is 3.75. The van der Waals surface area contributed by atoms with E-state index in [0.717, 1.165) is 29.9 Å². The summed E-state index contributed by atoms with van der Waals surface area (Å²) in [5.41, 5.74) is 3.31. The van der Waals surface area contributed by atoms with E-state index in [0.29, 0.717) is 11.2 Å². The third-order valence-corrected chi connectivity index (χ3v) is 5.12. The van der Waals surface area contributed by atoms with Crippen molar-refractivity contribution in [1.29, 1.82) is 0 Å². The van der Waals surface area contributed by atoms with Crippen molar-refractivity contribution in [1.82, 2.24) is 19.9 Å². The molecule has 4 rings (SSSR count). The molecule has 0 bridgehead atoms. The number of hydrogen-bond donors (Lipinski definition) is 0. The number of hydrogen-bond acceptors (Lipinski definition) is 4. The van der Waals surface area contributed by atoms with Crippen LogP contribution in [0.2, 0.25) is 5.28 Å². The lowest BCUT2D eigenvalue weighted by Gasteiger charge is -2.57. The maximum Gasteiger partial charge on any atom is 0.249 e. The third-order valence-electron chi connectivity index (χ3n) is 4.95. The summed E-state index contributed by atoms with van der Waals surface area (Å²) in [7, 11) is 0. The average molecular weight is 325 g/mol. The van der Waals surface area contributed by atoms with Gasteiger partial charge in [-0.15, -0.1) is 0 Å². The van der Waals surface area contributed by atoms with Crippen LogP contribution in [0.5, 0.6) is 0 Å². The molecule has 0 unspecified atom stereocenters. The van der Waals surface area contributed by atoms with Crippen LogP contribution in [0.25, 0.3) is 11.2 Å². The summed E-state index contributed by atoms with van der Waals surface area (Å²) in [6, 6.07) is 0. The first-order valence-electron chi connectivity index (χ1n) is 7.33. The number of rotatable bonds is 1. The molecule has 7 heteroatoms. The van der Waals surface area contributed by atoms with E-state index in [-0.39, 0.29) is 29.5 Å². The highest BCUT2D eigenvalue weighted by molar-refractivity contribution is 6.28. The molecule has 2 heterocycles. The van der Waals surface area contributed by atoms with E-state index in [1.165, 1.54) is 0 Å². The summed E-state index contributed by atoms with van der Waals surface area (Å²) in [4.78, 5) is 17.4. The van der Waals surface area contributed by atoms with Crippen LogP contribution in [0.15, 0.2) is 0 Å². The number of nitrogens with zero attached hydrogens (tertiary/aromatic N) is 4. The highest BCUT2D eigenvalue weighted by atomic mass is 35.5. The summed E-state index contributed by atoms with van der Waals surface area (Å²) < 4.78 is 26.3. The summed E-state index contributed by atoms with van der Waals surface area (Å²) in [5, 5.41) is 0.139. The van der Waals surface area contributed by atoms with Gasteiger partial charge in [-0.3, -0.25) is 0 Å². The molecular weight excluding hydrogens is 310 g/mol. The Morgan fingerprint density at radius 3 is 2.27 bits per heavy atom. The van der Waals surface area contributed by atoms with Crippen LogP contribution in [0, 0.1) is 19.3 Å². The second-order valence-electron chi connectivity index (χ2n) is 6.76. The average Bonchev–Trinajstić information content (AvgIpc) is 2.34. The number of aromatic nitrogens is 4. The lowest BCUT2D eigenvalue weighted by atomic mass is 9.49. The van der Waals surface area contributed by atoms with Crippen LogP contribution in [0.1, 0.15) is 48.7 Å². The van der Waals surface area contributed by atoms with Gasteiger partial charge in [-0.05, 0) is 43.7 Å². The number of fused-ring (bicyclic) bond motifs is 1. The molecule has 2 aromatic rings. The van der Waals surface area contributed by atoms with Gasteiger partial charge in [0.15, 0.2) is 5.65 Å². The van der Waals surface area contributed by atoms with Gasteiger partial charge in [0.1, 0.15) is 5.52 Å². The Kier molecular flexibility index (Phi) is 2.78. The Balaban J connectivity index is 1.69. The Morgan fingerprint density at radius 2 is 1.64 bits per heavy atom. The highest BCUT2D eigenvalue weighted by Crippen LogP contribution is 2.66. The topological polar surface area (TPSA) is 51.6 Å². The first-order chi connectivity index (χ1) is 10.3. The monoisotopic (exact) mass is 324 g/mol. The van der Waals surface area contributed by atoms with E-state index in [1.54, 1.807) is 0 Å². The first-order valence-corrected chi connectivity index (χ1v) is 7.71. The van der Waals surface area contributed by atoms with E-state index in [9.17, 15) is 8.78 Å². The molecule has 0 radical (unpaired) electrons. The van der Waals surface area contributed by atoms with E-state index in [2.05, 4.69) is 19.9 Å². The molecule has 4 nitrogen and oxygen atoms in total. The Bertz CT molecular complexity index is 777. The quantitative estimate of drug-likeness (QED) is 0.744. The lowest BCUT2D eigenvalue weighted by molar-refractivity contribution is -0.196. The zero-order chi connectivity index (χ0) is 15.7. The maximum absolute atomic E-state index is 13.1. The fourth-order valence-corrected chi connectivity index (χ4v) is 4.07. The van der Waals surface area contributed by atoms with Crippen LogP contribution < -0.4 is 0 Å². The minimum atomic E-state index is -2.48. The molecule has 2 aliphatic rings. The predicted molar refractivity (Wildman–Crippen MR) is 78.2 cm³/mol. The minimum absolute atomic E-state index is 0.00291. The molecule has 0 aliphatic heterocycles. The molecule has 22 heavy (non-hydrogen) atoms. The van der Waals surface area contributed by atoms with Gasteiger partial charge >= 0.3 is 0 Å². The van der Waals surface area contributed by atoms with Crippen LogP contribution in [0.3, 0.4) is 0 Å². The first kappa shape index (κ1) is 14.2. The molecule has 0 atom stereocenters. The molecule has 2 fully saturated rings. The van der Waals surface area contributed by atoms with Crippen molar-refractivity contribution in [2.45, 2.75) is 51.4 Å². The molecule has 1 spiro atoms.